The normalized spacial score (nSPS) is 28.8. The van der Waals surface area contributed by atoms with Gasteiger partial charge in [-0.05, 0) is 25.2 Å². The van der Waals surface area contributed by atoms with E-state index in [1.807, 2.05) is 4.90 Å². The molecule has 3 heterocycles. The Bertz CT molecular complexity index is 682. The summed E-state index contributed by atoms with van der Waals surface area (Å²) < 4.78 is 0. The molecule has 21 heavy (non-hydrogen) atoms. The maximum absolute atomic E-state index is 12.4. The average Bonchev–Trinajstić information content (AvgIpc) is 3.10. The van der Waals surface area contributed by atoms with Crippen molar-refractivity contribution >= 4 is 17.1 Å². The number of rotatable bonds is 2. The van der Waals surface area contributed by atoms with Crippen molar-refractivity contribution in [3.63, 3.8) is 0 Å². The van der Waals surface area contributed by atoms with Crippen LogP contribution in [0.2, 0.25) is 0 Å². The number of nitrogens with one attached hydrogen (secondary N) is 1. The molecule has 4 rings (SSSR count). The lowest BCUT2D eigenvalue weighted by atomic mass is 9.94. The molecule has 110 valence electrons. The molecule has 2 aromatic heterocycles. The van der Waals surface area contributed by atoms with Crippen LogP contribution in [-0.4, -0.2) is 44.1 Å². The number of hydrogen-bond acceptors (Lipinski definition) is 4. The van der Waals surface area contributed by atoms with E-state index in [1.54, 1.807) is 12.4 Å². The number of nitrogens with zero attached hydrogens (tertiary/aromatic N) is 4. The van der Waals surface area contributed by atoms with Gasteiger partial charge in [0.1, 0.15) is 5.52 Å². The molecule has 1 N–H and O–H groups in total. The third kappa shape index (κ3) is 2.18. The number of fused-ring (bicyclic) bond motifs is 1. The molecule has 0 aromatic carbocycles. The topological polar surface area (TPSA) is 74.8 Å². The van der Waals surface area contributed by atoms with Crippen molar-refractivity contribution in [3.05, 3.63) is 18.1 Å². The first kappa shape index (κ1) is 12.7. The Morgan fingerprint density at radius 2 is 2.19 bits per heavy atom. The summed E-state index contributed by atoms with van der Waals surface area (Å²) in [6.45, 7) is 3.81. The summed E-state index contributed by atoms with van der Waals surface area (Å²) in [7, 11) is 0. The number of carbonyl (C=O) groups excluding carboxylic acids is 1. The molecular weight excluding hydrogens is 266 g/mol. The molecule has 1 saturated carbocycles. The Morgan fingerprint density at radius 3 is 3.00 bits per heavy atom. The number of likely N-dealkylation sites (tertiary alicyclic amines) is 1. The number of carbonyl (C=O) groups is 1. The molecule has 1 aliphatic heterocycles. The summed E-state index contributed by atoms with van der Waals surface area (Å²) in [6, 6.07) is 0. The van der Waals surface area contributed by atoms with Crippen molar-refractivity contribution in [2.45, 2.75) is 32.1 Å². The Morgan fingerprint density at radius 1 is 1.38 bits per heavy atom. The summed E-state index contributed by atoms with van der Waals surface area (Å²) in [6.07, 6.45) is 6.51. The molecule has 6 nitrogen and oxygen atoms in total. The highest BCUT2D eigenvalue weighted by atomic mass is 16.2. The van der Waals surface area contributed by atoms with E-state index >= 15 is 0 Å². The van der Waals surface area contributed by atoms with E-state index in [9.17, 15) is 4.79 Å². The largest absolute Gasteiger partial charge is 0.342 e. The summed E-state index contributed by atoms with van der Waals surface area (Å²) in [5.74, 6) is 1.46. The van der Waals surface area contributed by atoms with Gasteiger partial charge in [-0.2, -0.15) is 5.10 Å². The van der Waals surface area contributed by atoms with Gasteiger partial charge in [-0.15, -0.1) is 0 Å². The van der Waals surface area contributed by atoms with Crippen molar-refractivity contribution in [2.75, 3.05) is 13.1 Å². The molecule has 0 spiro atoms. The third-order valence-corrected chi connectivity index (χ3v) is 4.78. The first-order chi connectivity index (χ1) is 10.2. The van der Waals surface area contributed by atoms with Gasteiger partial charge in [0.2, 0.25) is 5.91 Å². The summed E-state index contributed by atoms with van der Waals surface area (Å²) >= 11 is 0. The zero-order valence-electron chi connectivity index (χ0n) is 12.1. The van der Waals surface area contributed by atoms with E-state index < -0.39 is 0 Å². The molecular formula is C15H19N5O. The van der Waals surface area contributed by atoms with Crippen LogP contribution in [-0.2, 0) is 4.79 Å². The number of aromatic amines is 1. The summed E-state index contributed by atoms with van der Waals surface area (Å²) in [5, 5.41) is 7.30. The first-order valence-corrected chi connectivity index (χ1v) is 7.68. The highest BCUT2D eigenvalue weighted by Gasteiger charge is 2.42. The van der Waals surface area contributed by atoms with Gasteiger partial charge in [-0.3, -0.25) is 9.89 Å². The lowest BCUT2D eigenvalue weighted by Crippen LogP contribution is -2.40. The van der Waals surface area contributed by atoms with Crippen molar-refractivity contribution in [1.82, 2.24) is 25.1 Å². The highest BCUT2D eigenvalue weighted by molar-refractivity contribution is 5.82. The Labute approximate surface area is 123 Å². The Hall–Kier alpha value is -1.98. The minimum absolute atomic E-state index is 0.266. The highest BCUT2D eigenvalue weighted by Crippen LogP contribution is 2.40. The van der Waals surface area contributed by atoms with Crippen LogP contribution in [0.5, 0.6) is 0 Å². The molecule has 1 amide bonds. The monoisotopic (exact) mass is 285 g/mol. The van der Waals surface area contributed by atoms with Crippen LogP contribution in [0.4, 0.5) is 0 Å². The number of amides is 1. The third-order valence-electron chi connectivity index (χ3n) is 4.78. The molecule has 0 radical (unpaired) electrons. The quantitative estimate of drug-likeness (QED) is 0.911. The number of piperidine rings is 1. The SMILES string of the molecule is C[C@@H]1C[C@@H]1C(=O)N1CCC[C@@H](c2[nH]nc3nccnc23)C1. The molecule has 2 aromatic rings. The summed E-state index contributed by atoms with van der Waals surface area (Å²) in [4.78, 5) is 23.1. The molecule has 6 heteroatoms. The van der Waals surface area contributed by atoms with Gasteiger partial charge < -0.3 is 4.90 Å². The van der Waals surface area contributed by atoms with Crippen LogP contribution >= 0.6 is 0 Å². The van der Waals surface area contributed by atoms with Gasteiger partial charge in [0.05, 0.1) is 5.69 Å². The van der Waals surface area contributed by atoms with Gasteiger partial charge in [0.15, 0.2) is 5.65 Å². The minimum atomic E-state index is 0.266. The van der Waals surface area contributed by atoms with Gasteiger partial charge in [-0.25, -0.2) is 9.97 Å². The van der Waals surface area contributed by atoms with Crippen LogP contribution in [0.15, 0.2) is 12.4 Å². The van der Waals surface area contributed by atoms with E-state index in [4.69, 9.17) is 0 Å². The first-order valence-electron chi connectivity index (χ1n) is 7.68. The van der Waals surface area contributed by atoms with E-state index in [2.05, 4.69) is 27.1 Å². The molecule has 1 saturated heterocycles. The van der Waals surface area contributed by atoms with Crippen LogP contribution < -0.4 is 0 Å². The molecule has 0 unspecified atom stereocenters. The predicted molar refractivity (Wildman–Crippen MR) is 77.5 cm³/mol. The second-order valence-electron chi connectivity index (χ2n) is 6.31. The smallest absolute Gasteiger partial charge is 0.225 e. The fourth-order valence-corrected chi connectivity index (χ4v) is 3.37. The molecule has 2 fully saturated rings. The van der Waals surface area contributed by atoms with Crippen LogP contribution in [0.1, 0.15) is 37.8 Å². The van der Waals surface area contributed by atoms with Crippen molar-refractivity contribution in [3.8, 4) is 0 Å². The zero-order chi connectivity index (χ0) is 14.4. The number of hydrogen-bond donors (Lipinski definition) is 1. The lowest BCUT2D eigenvalue weighted by Gasteiger charge is -2.32. The zero-order valence-corrected chi connectivity index (χ0v) is 12.1. The van der Waals surface area contributed by atoms with E-state index in [0.29, 0.717) is 23.4 Å². The predicted octanol–water partition coefficient (Wildman–Crippen LogP) is 1.71. The van der Waals surface area contributed by atoms with Crippen molar-refractivity contribution in [2.24, 2.45) is 11.8 Å². The molecule has 0 bridgehead atoms. The molecule has 2 aliphatic rings. The average molecular weight is 285 g/mol. The number of aromatic nitrogens is 4. The summed E-state index contributed by atoms with van der Waals surface area (Å²) in [5.41, 5.74) is 2.53. The maximum Gasteiger partial charge on any atom is 0.225 e. The second kappa shape index (κ2) is 4.79. The Balaban J connectivity index is 1.56. The van der Waals surface area contributed by atoms with Gasteiger partial charge >= 0.3 is 0 Å². The van der Waals surface area contributed by atoms with E-state index in [1.165, 1.54) is 0 Å². The van der Waals surface area contributed by atoms with E-state index in [0.717, 1.165) is 43.6 Å². The fraction of sp³-hybridized carbons (Fsp3) is 0.600. The number of H-pyrrole nitrogens is 1. The molecule has 1 aliphatic carbocycles. The van der Waals surface area contributed by atoms with Gasteiger partial charge in [0.25, 0.3) is 0 Å². The van der Waals surface area contributed by atoms with Gasteiger partial charge in [-0.1, -0.05) is 6.92 Å². The van der Waals surface area contributed by atoms with Crippen LogP contribution in [0.25, 0.3) is 11.2 Å². The Kier molecular flexibility index (Phi) is 2.90. The van der Waals surface area contributed by atoms with E-state index in [-0.39, 0.29) is 5.92 Å². The van der Waals surface area contributed by atoms with Crippen molar-refractivity contribution < 1.29 is 4.79 Å². The van der Waals surface area contributed by atoms with Crippen LogP contribution in [0, 0.1) is 11.8 Å². The molecule has 3 atom stereocenters. The van der Waals surface area contributed by atoms with Crippen molar-refractivity contribution in [1.29, 1.82) is 0 Å². The van der Waals surface area contributed by atoms with Gasteiger partial charge in [0, 0.05) is 37.3 Å². The van der Waals surface area contributed by atoms with Crippen LogP contribution in [0.3, 0.4) is 0 Å². The fourth-order valence-electron chi connectivity index (χ4n) is 3.37. The second-order valence-corrected chi connectivity index (χ2v) is 6.31. The standard InChI is InChI=1S/C15H19N5O/c1-9-7-11(9)15(21)20-6-2-3-10(8-20)12-13-14(19-18-12)17-5-4-16-13/h4-5,9-11H,2-3,6-8H2,1H3,(H,17,18,19)/t9-,10-,11+/m1/s1. The lowest BCUT2D eigenvalue weighted by molar-refractivity contribution is -0.134. The maximum atomic E-state index is 12.4. The minimum Gasteiger partial charge on any atom is -0.342 e.